The Morgan fingerprint density at radius 2 is 1.65 bits per heavy atom. The van der Waals surface area contributed by atoms with Gasteiger partial charge in [0.15, 0.2) is 6.10 Å². The molecule has 5 aliphatic carbocycles. The largest absolute Gasteiger partial charge is 0.457 e. The number of aliphatic hydroxyl groups is 2. The second kappa shape index (κ2) is 8.93. The molecule has 0 aromatic rings. The summed E-state index contributed by atoms with van der Waals surface area (Å²) in [5.74, 6) is 2.37. The first-order valence-electron chi connectivity index (χ1n) is 15.5. The Morgan fingerprint density at radius 3 is 2.30 bits per heavy atom. The van der Waals surface area contributed by atoms with Crippen LogP contribution < -0.4 is 0 Å². The average Bonchev–Trinajstić information content (AvgIpc) is 3.41. The van der Waals surface area contributed by atoms with E-state index in [1.165, 1.54) is 45.4 Å². The van der Waals surface area contributed by atoms with Crippen molar-refractivity contribution in [1.82, 2.24) is 0 Å². The second-order valence-electron chi connectivity index (χ2n) is 15.0. The van der Waals surface area contributed by atoms with Crippen LogP contribution in [-0.2, 0) is 14.3 Å². The molecule has 37 heavy (non-hydrogen) atoms. The van der Waals surface area contributed by atoms with E-state index in [1.807, 2.05) is 13.8 Å². The van der Waals surface area contributed by atoms with Crippen LogP contribution in [0.5, 0.6) is 0 Å². The fourth-order valence-electron chi connectivity index (χ4n) is 11.3. The van der Waals surface area contributed by atoms with Crippen molar-refractivity contribution in [3.05, 3.63) is 0 Å². The highest BCUT2D eigenvalue weighted by Gasteiger charge is 2.80. The van der Waals surface area contributed by atoms with Crippen LogP contribution in [-0.4, -0.2) is 46.2 Å². The molecular formula is C32H56O5. The molecule has 1 heterocycles. The van der Waals surface area contributed by atoms with Crippen LogP contribution >= 0.6 is 0 Å². The van der Waals surface area contributed by atoms with Crippen LogP contribution in [0.15, 0.2) is 0 Å². The number of carbonyl (C=O) groups excluding carboxylic acids is 1. The van der Waals surface area contributed by atoms with Crippen molar-refractivity contribution in [3.63, 3.8) is 0 Å². The lowest BCUT2D eigenvalue weighted by molar-refractivity contribution is -0.200. The standard InChI is InChI=1S/C30H48O5.C2H6.H2/c1-17(31)34-25(27(4,5)33)21-9-7-19-22(35-21)15-20-18-8-10-23-26(2,3)24(32)11-12-30(23)16-29(18,30)14-13-28(19,20)6;1-2;/h18-25,32-33H,7-16H2,1-6H3;1-2H3;1H/t18?,19?,20?,21?,22?,23?,24-,25-,28+,29-,30+;;/m0../s1. The van der Waals surface area contributed by atoms with Gasteiger partial charge in [-0.1, -0.05) is 34.6 Å². The van der Waals surface area contributed by atoms with E-state index in [0.717, 1.165) is 31.6 Å². The summed E-state index contributed by atoms with van der Waals surface area (Å²) in [6.07, 6.45) is 11.1. The van der Waals surface area contributed by atoms with Gasteiger partial charge in [-0.2, -0.15) is 0 Å². The van der Waals surface area contributed by atoms with E-state index >= 15 is 0 Å². The monoisotopic (exact) mass is 520 g/mol. The molecule has 0 radical (unpaired) electrons. The molecule has 2 spiro atoms. The number of aliphatic hydroxyl groups excluding tert-OH is 1. The molecule has 0 aromatic heterocycles. The van der Waals surface area contributed by atoms with Crippen molar-refractivity contribution in [1.29, 1.82) is 0 Å². The van der Waals surface area contributed by atoms with Gasteiger partial charge in [0.05, 0.1) is 23.9 Å². The van der Waals surface area contributed by atoms with Gasteiger partial charge in [0.25, 0.3) is 0 Å². The smallest absolute Gasteiger partial charge is 0.303 e. The lowest BCUT2D eigenvalue weighted by Crippen LogP contribution is -2.54. The second-order valence-corrected chi connectivity index (χ2v) is 15.0. The Bertz CT molecular complexity index is 899. The van der Waals surface area contributed by atoms with Crippen molar-refractivity contribution in [2.75, 3.05) is 0 Å². The van der Waals surface area contributed by atoms with E-state index in [2.05, 4.69) is 20.8 Å². The minimum absolute atomic E-state index is 0. The van der Waals surface area contributed by atoms with Gasteiger partial charge < -0.3 is 19.7 Å². The molecule has 0 amide bonds. The summed E-state index contributed by atoms with van der Waals surface area (Å²) >= 11 is 0. The van der Waals surface area contributed by atoms with Crippen molar-refractivity contribution in [2.45, 2.75) is 150 Å². The number of rotatable bonds is 3. The van der Waals surface area contributed by atoms with Crippen LogP contribution in [0.4, 0.5) is 0 Å². The summed E-state index contributed by atoms with van der Waals surface area (Å²) < 4.78 is 12.4. The SMILES string of the molecule is CC.CC(=O)O[C@@H](C1CCC2C(CC3C4CCC5C(C)(C)[C@@H](O)CC[C@@]56C[C@@]46CC[C@]23C)O1)C(C)(C)O.[HH]. The zero-order valence-electron chi connectivity index (χ0n) is 24.8. The number of esters is 1. The molecule has 1 aliphatic heterocycles. The Kier molecular flexibility index (Phi) is 6.73. The van der Waals surface area contributed by atoms with Crippen LogP contribution in [0.2, 0.25) is 0 Å². The average molecular weight is 521 g/mol. The fourth-order valence-corrected chi connectivity index (χ4v) is 11.3. The third kappa shape index (κ3) is 3.83. The van der Waals surface area contributed by atoms with Gasteiger partial charge >= 0.3 is 5.97 Å². The predicted octanol–water partition coefficient (Wildman–Crippen LogP) is 6.53. The summed E-state index contributed by atoms with van der Waals surface area (Å²) in [5, 5.41) is 21.6. The van der Waals surface area contributed by atoms with E-state index in [4.69, 9.17) is 9.47 Å². The molecule has 2 N–H and O–H groups in total. The van der Waals surface area contributed by atoms with Crippen molar-refractivity contribution >= 4 is 5.97 Å². The topological polar surface area (TPSA) is 76.0 Å². The van der Waals surface area contributed by atoms with Gasteiger partial charge in [0.2, 0.25) is 0 Å². The van der Waals surface area contributed by atoms with Gasteiger partial charge in [-0.25, -0.2) is 0 Å². The molecule has 6 fully saturated rings. The van der Waals surface area contributed by atoms with E-state index in [9.17, 15) is 15.0 Å². The summed E-state index contributed by atoms with van der Waals surface area (Å²) in [6.45, 7) is 16.1. The molecule has 0 bridgehead atoms. The summed E-state index contributed by atoms with van der Waals surface area (Å²) in [5.41, 5.74) is 0.212. The molecule has 1 saturated heterocycles. The quantitative estimate of drug-likeness (QED) is 0.414. The maximum atomic E-state index is 11.8. The van der Waals surface area contributed by atoms with Crippen LogP contribution in [0.25, 0.3) is 0 Å². The lowest BCUT2D eigenvalue weighted by atomic mass is 9.46. The Morgan fingerprint density at radius 1 is 0.973 bits per heavy atom. The van der Waals surface area contributed by atoms with E-state index < -0.39 is 11.7 Å². The summed E-state index contributed by atoms with van der Waals surface area (Å²) in [6, 6.07) is 0. The van der Waals surface area contributed by atoms with Gasteiger partial charge in [-0.15, -0.1) is 0 Å². The number of fused-ring (bicyclic) bond motifs is 4. The van der Waals surface area contributed by atoms with E-state index in [-0.39, 0.29) is 31.1 Å². The maximum Gasteiger partial charge on any atom is 0.303 e. The van der Waals surface area contributed by atoms with Crippen LogP contribution in [0.3, 0.4) is 0 Å². The Balaban J connectivity index is 0.00000110. The highest BCUT2D eigenvalue weighted by molar-refractivity contribution is 5.66. The molecule has 5 nitrogen and oxygen atoms in total. The number of hydrogen-bond acceptors (Lipinski definition) is 5. The highest BCUT2D eigenvalue weighted by Crippen LogP contribution is 2.87. The Labute approximate surface area is 226 Å². The van der Waals surface area contributed by atoms with Crippen molar-refractivity contribution in [3.8, 4) is 0 Å². The fraction of sp³-hybridized carbons (Fsp3) is 0.969. The number of hydrogen-bond donors (Lipinski definition) is 2. The lowest BCUT2D eigenvalue weighted by Gasteiger charge is -2.59. The van der Waals surface area contributed by atoms with Crippen molar-refractivity contribution < 1.29 is 25.9 Å². The molecule has 6 aliphatic rings. The number of ether oxygens (including phenoxy) is 2. The first-order valence-corrected chi connectivity index (χ1v) is 15.5. The van der Waals surface area contributed by atoms with Gasteiger partial charge in [-0.05, 0) is 123 Å². The minimum Gasteiger partial charge on any atom is -0.457 e. The molecule has 6 rings (SSSR count). The molecule has 5 saturated carbocycles. The predicted molar refractivity (Wildman–Crippen MR) is 147 cm³/mol. The highest BCUT2D eigenvalue weighted by atomic mass is 16.6. The third-order valence-corrected chi connectivity index (χ3v) is 12.9. The minimum atomic E-state index is -1.13. The van der Waals surface area contributed by atoms with Gasteiger partial charge in [-0.3, -0.25) is 4.79 Å². The molecule has 11 atom stereocenters. The molecule has 214 valence electrons. The Hall–Kier alpha value is -0.650. The van der Waals surface area contributed by atoms with Gasteiger partial charge in [0, 0.05) is 8.35 Å². The zero-order chi connectivity index (χ0) is 27.2. The molecular weight excluding hydrogens is 464 g/mol. The van der Waals surface area contributed by atoms with E-state index in [1.54, 1.807) is 13.8 Å². The van der Waals surface area contributed by atoms with Crippen molar-refractivity contribution in [2.24, 2.45) is 45.3 Å². The molecule has 5 heteroatoms. The van der Waals surface area contributed by atoms with Crippen LogP contribution in [0.1, 0.15) is 121 Å². The normalized spacial score (nSPS) is 50.1. The number of carbonyl (C=O) groups is 1. The van der Waals surface area contributed by atoms with E-state index in [0.29, 0.717) is 34.0 Å². The third-order valence-electron chi connectivity index (χ3n) is 12.9. The maximum absolute atomic E-state index is 11.8. The molecule has 0 aromatic carbocycles. The van der Waals surface area contributed by atoms with Crippen LogP contribution in [0, 0.1) is 45.3 Å². The first-order chi connectivity index (χ1) is 17.3. The first kappa shape index (κ1) is 27.9. The summed E-state index contributed by atoms with van der Waals surface area (Å²) in [4.78, 5) is 11.8. The summed E-state index contributed by atoms with van der Waals surface area (Å²) in [7, 11) is 0. The molecule has 6 unspecified atom stereocenters. The van der Waals surface area contributed by atoms with Gasteiger partial charge in [0.1, 0.15) is 0 Å². The zero-order valence-corrected chi connectivity index (χ0v) is 24.8.